The van der Waals surface area contributed by atoms with Gasteiger partial charge in [-0.3, -0.25) is 19.7 Å². The summed E-state index contributed by atoms with van der Waals surface area (Å²) in [6.45, 7) is 2.78. The van der Waals surface area contributed by atoms with Crippen molar-refractivity contribution >= 4 is 32.4 Å². The van der Waals surface area contributed by atoms with E-state index in [0.29, 0.717) is 41.6 Å². The lowest BCUT2D eigenvalue weighted by Crippen LogP contribution is -2.36. The van der Waals surface area contributed by atoms with Crippen molar-refractivity contribution in [3.63, 3.8) is 0 Å². The largest absolute Gasteiger partial charge is 0.474 e. The molecule has 11 heteroatoms. The summed E-state index contributed by atoms with van der Waals surface area (Å²) >= 11 is 0. The number of rotatable bonds is 6. The monoisotopic (exact) mass is 484 g/mol. The minimum absolute atomic E-state index is 0.00934. The second kappa shape index (κ2) is 9.67. The van der Waals surface area contributed by atoms with Gasteiger partial charge in [0.15, 0.2) is 0 Å². The van der Waals surface area contributed by atoms with Crippen LogP contribution in [0.1, 0.15) is 37.3 Å². The zero-order valence-corrected chi connectivity index (χ0v) is 19.9. The van der Waals surface area contributed by atoms with Crippen LogP contribution in [0.4, 0.5) is 11.5 Å². The Hall–Kier alpha value is -3.05. The highest BCUT2D eigenvalue weighted by molar-refractivity contribution is 7.92. The van der Waals surface area contributed by atoms with E-state index in [4.69, 9.17) is 14.5 Å². The van der Waals surface area contributed by atoms with Crippen LogP contribution in [-0.4, -0.2) is 67.0 Å². The Labute approximate surface area is 198 Å². The first-order chi connectivity index (χ1) is 16.4. The maximum absolute atomic E-state index is 11.7. The molecule has 3 aromatic rings. The van der Waals surface area contributed by atoms with Gasteiger partial charge in [-0.25, -0.2) is 8.42 Å². The first kappa shape index (κ1) is 22.7. The fourth-order valence-corrected chi connectivity index (χ4v) is 5.09. The molecule has 180 valence electrons. The zero-order valence-electron chi connectivity index (χ0n) is 19.1. The molecule has 1 saturated heterocycles. The van der Waals surface area contributed by atoms with Gasteiger partial charge < -0.3 is 14.4 Å². The molecule has 4 heterocycles. The minimum atomic E-state index is -3.43. The lowest BCUT2D eigenvalue weighted by atomic mass is 9.85. The Morgan fingerprint density at radius 3 is 2.56 bits per heavy atom. The topological polar surface area (TPSA) is 119 Å². The molecule has 0 aromatic carbocycles. The average Bonchev–Trinajstić information content (AvgIpc) is 2.85. The van der Waals surface area contributed by atoms with Crippen LogP contribution in [0.25, 0.3) is 10.9 Å². The third-order valence-corrected chi connectivity index (χ3v) is 6.83. The molecule has 3 aromatic heterocycles. The van der Waals surface area contributed by atoms with Gasteiger partial charge in [0, 0.05) is 43.7 Å². The molecule has 10 nitrogen and oxygen atoms in total. The minimum Gasteiger partial charge on any atom is -0.474 e. The smallest absolute Gasteiger partial charge is 0.229 e. The molecular weight excluding hydrogens is 456 g/mol. The van der Waals surface area contributed by atoms with Crippen molar-refractivity contribution in [1.82, 2.24) is 19.9 Å². The van der Waals surface area contributed by atoms with E-state index < -0.39 is 10.0 Å². The van der Waals surface area contributed by atoms with Crippen molar-refractivity contribution in [2.45, 2.75) is 37.7 Å². The van der Waals surface area contributed by atoms with E-state index >= 15 is 0 Å². The predicted molar refractivity (Wildman–Crippen MR) is 129 cm³/mol. The Kier molecular flexibility index (Phi) is 6.46. The summed E-state index contributed by atoms with van der Waals surface area (Å²) in [4.78, 5) is 20.2. The molecule has 0 unspecified atom stereocenters. The molecule has 2 fully saturated rings. The summed E-state index contributed by atoms with van der Waals surface area (Å²) in [5, 5.41) is 0.682. The highest BCUT2D eigenvalue weighted by Gasteiger charge is 2.26. The molecule has 0 atom stereocenters. The van der Waals surface area contributed by atoms with Crippen molar-refractivity contribution in [3.05, 3.63) is 42.6 Å². The van der Waals surface area contributed by atoms with Crippen LogP contribution in [0, 0.1) is 0 Å². The van der Waals surface area contributed by atoms with Gasteiger partial charge in [0.05, 0.1) is 48.0 Å². The van der Waals surface area contributed by atoms with Gasteiger partial charge in [0.2, 0.25) is 15.9 Å². The van der Waals surface area contributed by atoms with Crippen molar-refractivity contribution in [2.75, 3.05) is 42.2 Å². The maximum atomic E-state index is 11.7. The van der Waals surface area contributed by atoms with Crippen LogP contribution in [0.15, 0.2) is 36.9 Å². The number of nitrogens with one attached hydrogen (secondary N) is 1. The fourth-order valence-electron chi connectivity index (χ4n) is 4.55. The first-order valence-corrected chi connectivity index (χ1v) is 13.4. The van der Waals surface area contributed by atoms with Crippen LogP contribution in [0.2, 0.25) is 0 Å². The third kappa shape index (κ3) is 5.36. The molecule has 0 bridgehead atoms. The van der Waals surface area contributed by atoms with Crippen molar-refractivity contribution in [2.24, 2.45) is 0 Å². The quantitative estimate of drug-likeness (QED) is 0.563. The molecule has 0 amide bonds. The number of morpholine rings is 1. The second-order valence-electron chi connectivity index (χ2n) is 8.77. The van der Waals surface area contributed by atoms with Gasteiger partial charge in [-0.05, 0) is 31.7 Å². The lowest BCUT2D eigenvalue weighted by molar-refractivity contribution is 0.122. The Morgan fingerprint density at radius 2 is 1.85 bits per heavy atom. The number of aromatic nitrogens is 4. The van der Waals surface area contributed by atoms with E-state index in [0.717, 1.165) is 56.5 Å². The lowest BCUT2D eigenvalue weighted by Gasteiger charge is -2.30. The number of nitrogens with zero attached hydrogens (tertiary/aromatic N) is 5. The molecule has 1 aliphatic carbocycles. The number of ether oxygens (including phenoxy) is 2. The molecule has 5 rings (SSSR count). The highest BCUT2D eigenvalue weighted by Crippen LogP contribution is 2.36. The summed E-state index contributed by atoms with van der Waals surface area (Å²) in [5.41, 5.74) is 2.12. The van der Waals surface area contributed by atoms with E-state index in [9.17, 15) is 8.42 Å². The zero-order chi connectivity index (χ0) is 23.5. The number of hydrogen-bond donors (Lipinski definition) is 1. The Balaban J connectivity index is 1.41. The number of fused-ring (bicyclic) bond motifs is 1. The number of hydrogen-bond acceptors (Lipinski definition) is 9. The van der Waals surface area contributed by atoms with Crippen LogP contribution in [0.5, 0.6) is 5.88 Å². The first-order valence-electron chi connectivity index (χ1n) is 11.5. The summed E-state index contributed by atoms with van der Waals surface area (Å²) in [6, 6.07) is 3.66. The normalized spacial score (nSPS) is 21.4. The van der Waals surface area contributed by atoms with E-state index in [1.807, 2.05) is 12.3 Å². The maximum Gasteiger partial charge on any atom is 0.229 e. The van der Waals surface area contributed by atoms with Crippen LogP contribution in [-0.2, 0) is 14.8 Å². The molecule has 0 spiro atoms. The number of anilines is 2. The van der Waals surface area contributed by atoms with Crippen molar-refractivity contribution < 1.29 is 17.9 Å². The van der Waals surface area contributed by atoms with Crippen molar-refractivity contribution in [1.29, 1.82) is 0 Å². The second-order valence-corrected chi connectivity index (χ2v) is 10.5. The molecular formula is C23H28N6O4S. The van der Waals surface area contributed by atoms with Gasteiger partial charge in [-0.2, -0.15) is 4.98 Å². The van der Waals surface area contributed by atoms with Crippen LogP contribution in [0.3, 0.4) is 0 Å². The standard InChI is InChI=1S/C23H28N6O4S/c1-34(30,31)28-17-12-19-20(26-14-17)13-22(29-8-10-32-11-9-29)27-23(19)33-18-4-2-16(3-5-18)21-15-24-6-7-25-21/h6-7,12-16,18,28H,2-5,8-11H2,1H3. The van der Waals surface area contributed by atoms with E-state index in [1.54, 1.807) is 18.5 Å². The molecule has 34 heavy (non-hydrogen) atoms. The van der Waals surface area contributed by atoms with Crippen LogP contribution < -0.4 is 14.4 Å². The van der Waals surface area contributed by atoms with Crippen molar-refractivity contribution in [3.8, 4) is 5.88 Å². The van der Waals surface area contributed by atoms with Gasteiger partial charge >= 0.3 is 0 Å². The van der Waals surface area contributed by atoms with Gasteiger partial charge in [-0.1, -0.05) is 0 Å². The predicted octanol–water partition coefficient (Wildman–Crippen LogP) is 2.73. The average molecular weight is 485 g/mol. The van der Waals surface area contributed by atoms with Gasteiger partial charge in [0.25, 0.3) is 0 Å². The molecule has 1 aliphatic heterocycles. The van der Waals surface area contributed by atoms with Gasteiger partial charge in [0.1, 0.15) is 11.9 Å². The molecule has 2 aliphatic rings. The summed E-state index contributed by atoms with van der Waals surface area (Å²) in [5.74, 6) is 1.65. The third-order valence-electron chi connectivity index (χ3n) is 6.22. The van der Waals surface area contributed by atoms with Crippen LogP contribution >= 0.6 is 0 Å². The van der Waals surface area contributed by atoms with E-state index in [1.165, 1.54) is 6.20 Å². The van der Waals surface area contributed by atoms with E-state index in [-0.39, 0.29) is 6.10 Å². The SMILES string of the molecule is CS(=O)(=O)Nc1cnc2cc(N3CCOCC3)nc(OC3CCC(c4cnccn4)CC3)c2c1. The molecule has 1 saturated carbocycles. The molecule has 1 N–H and O–H groups in total. The number of pyridine rings is 2. The summed E-state index contributed by atoms with van der Waals surface area (Å²) in [7, 11) is -3.43. The Bertz CT molecular complexity index is 1240. The van der Waals surface area contributed by atoms with Gasteiger partial charge in [-0.15, -0.1) is 0 Å². The van der Waals surface area contributed by atoms with E-state index in [2.05, 4.69) is 24.6 Å². The Morgan fingerprint density at radius 1 is 1.06 bits per heavy atom. The fraction of sp³-hybridized carbons (Fsp3) is 0.478. The summed E-state index contributed by atoms with van der Waals surface area (Å²) in [6.07, 6.45) is 11.6. The number of sulfonamides is 1. The molecule has 0 radical (unpaired) electrons. The highest BCUT2D eigenvalue weighted by atomic mass is 32.2. The summed E-state index contributed by atoms with van der Waals surface area (Å²) < 4.78 is 37.9.